The first-order valence-corrected chi connectivity index (χ1v) is 3.60. The zero-order chi connectivity index (χ0) is 10.7. The number of hydrogen-bond acceptors (Lipinski definition) is 7. The molecular formula is C5H9N7O2. The van der Waals surface area contributed by atoms with Crippen LogP contribution in [0.25, 0.3) is 0 Å². The zero-order valence-electron chi connectivity index (χ0n) is 7.61. The maximum Gasteiger partial charge on any atom is 0.356 e. The van der Waals surface area contributed by atoms with Crippen molar-refractivity contribution in [3.63, 3.8) is 0 Å². The van der Waals surface area contributed by atoms with Gasteiger partial charge < -0.3 is 4.90 Å². The third-order valence-corrected chi connectivity index (χ3v) is 1.45. The van der Waals surface area contributed by atoms with Crippen molar-refractivity contribution in [2.45, 2.75) is 0 Å². The van der Waals surface area contributed by atoms with Crippen LogP contribution >= 0.6 is 0 Å². The average molecular weight is 199 g/mol. The fourth-order valence-corrected chi connectivity index (χ4v) is 0.781. The molecule has 0 spiro atoms. The third kappa shape index (κ3) is 1.76. The number of hydrogen-bond donors (Lipinski definition) is 3. The molecule has 0 radical (unpaired) electrons. The Labute approximate surface area is 79.1 Å². The predicted molar refractivity (Wildman–Crippen MR) is 46.6 cm³/mol. The quantitative estimate of drug-likeness (QED) is 0.238. The fourth-order valence-electron chi connectivity index (χ4n) is 0.781. The number of nitrogens with zero attached hydrogens (tertiary/aromatic N) is 4. The normalized spacial score (nSPS) is 17.0. The summed E-state index contributed by atoms with van der Waals surface area (Å²) in [6.07, 6.45) is 0. The van der Waals surface area contributed by atoms with Gasteiger partial charge >= 0.3 is 5.70 Å². The van der Waals surface area contributed by atoms with Crippen LogP contribution in [0.1, 0.15) is 0 Å². The Balaban J connectivity index is 3.07. The predicted octanol–water partition coefficient (Wildman–Crippen LogP) is -0.554. The van der Waals surface area contributed by atoms with Gasteiger partial charge in [0.05, 0.1) is 4.92 Å². The van der Waals surface area contributed by atoms with E-state index in [9.17, 15) is 10.1 Å². The Hall–Kier alpha value is -2.19. The summed E-state index contributed by atoms with van der Waals surface area (Å²) in [6, 6.07) is 0. The van der Waals surface area contributed by atoms with Crippen LogP contribution in [0.15, 0.2) is 21.9 Å². The van der Waals surface area contributed by atoms with Crippen molar-refractivity contribution < 1.29 is 4.92 Å². The van der Waals surface area contributed by atoms with Crippen LogP contribution in [-0.4, -0.2) is 29.8 Å². The Bertz CT molecular complexity index is 331. The molecule has 0 saturated carbocycles. The molecule has 0 atom stereocenters. The van der Waals surface area contributed by atoms with Gasteiger partial charge in [0, 0.05) is 14.1 Å². The van der Waals surface area contributed by atoms with Crippen LogP contribution in [0.3, 0.4) is 0 Å². The molecule has 0 saturated heterocycles. The van der Waals surface area contributed by atoms with Crippen molar-refractivity contribution in [3.05, 3.63) is 21.6 Å². The molecule has 1 aliphatic rings. The second kappa shape index (κ2) is 3.68. The smallest absolute Gasteiger partial charge is 0.356 e. The van der Waals surface area contributed by atoms with Crippen LogP contribution in [0.5, 0.6) is 0 Å². The lowest BCUT2D eigenvalue weighted by Crippen LogP contribution is -2.31. The number of amidine groups is 1. The SMILES string of the molecule is CN(C)C(=N)/C(=C1\N=NNN1)[N+](=O)[O-]. The van der Waals surface area contributed by atoms with Crippen molar-refractivity contribution in [2.75, 3.05) is 14.1 Å². The lowest BCUT2D eigenvalue weighted by Gasteiger charge is -2.10. The number of hydrazine groups is 1. The zero-order valence-corrected chi connectivity index (χ0v) is 7.61. The van der Waals surface area contributed by atoms with Crippen molar-refractivity contribution in [1.82, 2.24) is 15.9 Å². The highest BCUT2D eigenvalue weighted by molar-refractivity contribution is 5.93. The van der Waals surface area contributed by atoms with Gasteiger partial charge in [0.1, 0.15) is 0 Å². The summed E-state index contributed by atoms with van der Waals surface area (Å²) in [5.41, 5.74) is 4.17. The van der Waals surface area contributed by atoms with E-state index in [1.54, 1.807) is 0 Å². The van der Waals surface area contributed by atoms with Gasteiger partial charge in [-0.2, -0.15) is 0 Å². The molecule has 0 bridgehead atoms. The number of rotatable bonds is 2. The van der Waals surface area contributed by atoms with Crippen molar-refractivity contribution >= 4 is 5.84 Å². The second-order valence-electron chi connectivity index (χ2n) is 2.63. The van der Waals surface area contributed by atoms with Crippen molar-refractivity contribution in [1.29, 1.82) is 5.41 Å². The van der Waals surface area contributed by atoms with Gasteiger partial charge in [0.2, 0.25) is 5.84 Å². The largest absolute Gasteiger partial charge is 0.357 e. The van der Waals surface area contributed by atoms with Gasteiger partial charge in [-0.1, -0.05) is 5.22 Å². The molecule has 1 aliphatic heterocycles. The van der Waals surface area contributed by atoms with Crippen molar-refractivity contribution in [2.24, 2.45) is 10.3 Å². The Morgan fingerprint density at radius 2 is 2.29 bits per heavy atom. The minimum Gasteiger partial charge on any atom is -0.357 e. The maximum atomic E-state index is 10.6. The monoisotopic (exact) mass is 199 g/mol. The number of nitrogens with one attached hydrogen (secondary N) is 3. The molecule has 1 heterocycles. The van der Waals surface area contributed by atoms with E-state index in [1.165, 1.54) is 19.0 Å². The highest BCUT2D eigenvalue weighted by atomic mass is 16.6. The maximum absolute atomic E-state index is 10.6. The summed E-state index contributed by atoms with van der Waals surface area (Å²) >= 11 is 0. The van der Waals surface area contributed by atoms with Gasteiger partial charge in [-0.25, -0.2) is 5.53 Å². The Morgan fingerprint density at radius 1 is 1.64 bits per heavy atom. The highest BCUT2D eigenvalue weighted by Gasteiger charge is 2.27. The first-order chi connectivity index (χ1) is 6.54. The summed E-state index contributed by atoms with van der Waals surface area (Å²) in [5, 5.41) is 24.8. The topological polar surface area (TPSA) is 119 Å². The molecule has 14 heavy (non-hydrogen) atoms. The van der Waals surface area contributed by atoms with Gasteiger partial charge in [-0.3, -0.25) is 20.9 Å². The fraction of sp³-hybridized carbons (Fsp3) is 0.400. The van der Waals surface area contributed by atoms with Crippen LogP contribution in [0.2, 0.25) is 0 Å². The standard InChI is InChI=1S/C5H9N7O2/c1-11(2)4(6)3(12(13)14)5-7-9-10-8-5/h6H,1-2H3,(H,7,10)(H,8,9). The molecule has 0 aromatic carbocycles. The summed E-state index contributed by atoms with van der Waals surface area (Å²) in [4.78, 5) is 11.3. The first-order valence-electron chi connectivity index (χ1n) is 3.60. The first kappa shape index (κ1) is 9.89. The van der Waals surface area contributed by atoms with Crippen LogP contribution in [0, 0.1) is 15.5 Å². The molecule has 0 aliphatic carbocycles. The minimum atomic E-state index is -0.684. The van der Waals surface area contributed by atoms with E-state index in [0.29, 0.717) is 0 Å². The summed E-state index contributed by atoms with van der Waals surface area (Å²) in [6.45, 7) is 0. The number of likely N-dealkylation sites (N-methyl/N-ethyl adjacent to an activating group) is 1. The molecule has 3 N–H and O–H groups in total. The third-order valence-electron chi connectivity index (χ3n) is 1.45. The molecule has 9 nitrogen and oxygen atoms in total. The molecule has 0 fully saturated rings. The highest BCUT2D eigenvalue weighted by Crippen LogP contribution is 2.09. The summed E-state index contributed by atoms with van der Waals surface area (Å²) in [7, 11) is 3.07. The second-order valence-corrected chi connectivity index (χ2v) is 2.63. The van der Waals surface area contributed by atoms with E-state index in [4.69, 9.17) is 5.41 Å². The minimum absolute atomic E-state index is 0.0753. The van der Waals surface area contributed by atoms with Gasteiger partial charge in [0.25, 0.3) is 5.82 Å². The Morgan fingerprint density at radius 3 is 2.64 bits per heavy atom. The lowest BCUT2D eigenvalue weighted by molar-refractivity contribution is -0.417. The molecule has 0 unspecified atom stereocenters. The summed E-state index contributed by atoms with van der Waals surface area (Å²) < 4.78 is 0. The van der Waals surface area contributed by atoms with Gasteiger partial charge in [-0.05, 0) is 0 Å². The molecular weight excluding hydrogens is 190 g/mol. The van der Waals surface area contributed by atoms with Crippen molar-refractivity contribution in [3.8, 4) is 0 Å². The van der Waals surface area contributed by atoms with E-state index < -0.39 is 10.6 Å². The molecule has 0 amide bonds. The number of nitro groups is 1. The average Bonchev–Trinajstić information content (AvgIpc) is 2.56. The van der Waals surface area contributed by atoms with Crippen LogP contribution < -0.4 is 11.0 Å². The van der Waals surface area contributed by atoms with Gasteiger partial charge in [-0.15, -0.1) is 5.11 Å². The molecule has 76 valence electrons. The molecule has 9 heteroatoms. The van der Waals surface area contributed by atoms with Gasteiger partial charge in [0.15, 0.2) is 0 Å². The molecule has 0 aromatic rings. The Kier molecular flexibility index (Phi) is 2.60. The van der Waals surface area contributed by atoms with E-state index in [1.807, 2.05) is 0 Å². The van der Waals surface area contributed by atoms with Crippen LogP contribution in [-0.2, 0) is 0 Å². The van der Waals surface area contributed by atoms with Crippen LogP contribution in [0.4, 0.5) is 0 Å². The summed E-state index contributed by atoms with van der Waals surface area (Å²) in [5.74, 6) is -0.325. The molecule has 1 rings (SSSR count). The van der Waals surface area contributed by atoms with E-state index in [2.05, 4.69) is 21.3 Å². The lowest BCUT2D eigenvalue weighted by atomic mass is 10.4. The van der Waals surface area contributed by atoms with E-state index in [-0.39, 0.29) is 11.7 Å². The molecule has 0 aromatic heterocycles. The van der Waals surface area contributed by atoms with E-state index in [0.717, 1.165) is 0 Å². The van der Waals surface area contributed by atoms with E-state index >= 15 is 0 Å².